The van der Waals surface area contributed by atoms with Gasteiger partial charge in [-0.15, -0.1) is 10.2 Å². The fourth-order valence-corrected chi connectivity index (χ4v) is 3.41. The Morgan fingerprint density at radius 3 is 2.55 bits per heavy atom. The number of nitrogens with one attached hydrogen (secondary N) is 3. The molecule has 1 atom stereocenters. The minimum atomic E-state index is -1.17. The molecule has 0 saturated heterocycles. The van der Waals surface area contributed by atoms with E-state index < -0.39 is 23.5 Å². The highest BCUT2D eigenvalue weighted by Gasteiger charge is 2.24. The Balaban J connectivity index is 1.34. The van der Waals surface area contributed by atoms with Crippen molar-refractivity contribution in [2.24, 2.45) is 0 Å². The summed E-state index contributed by atoms with van der Waals surface area (Å²) in [6.45, 7) is 6.05. The van der Waals surface area contributed by atoms with Crippen LogP contribution < -0.4 is 21.9 Å². The Morgan fingerprint density at radius 1 is 1.16 bits per heavy atom. The number of carboxylic acids is 1. The number of aromatic nitrogens is 6. The van der Waals surface area contributed by atoms with Gasteiger partial charge in [-0.05, 0) is 30.7 Å². The van der Waals surface area contributed by atoms with E-state index in [0.717, 1.165) is 0 Å². The third-order valence-corrected chi connectivity index (χ3v) is 5.47. The van der Waals surface area contributed by atoms with Gasteiger partial charge >= 0.3 is 5.97 Å². The van der Waals surface area contributed by atoms with Gasteiger partial charge in [0, 0.05) is 23.1 Å². The van der Waals surface area contributed by atoms with Gasteiger partial charge in [0.15, 0.2) is 11.2 Å². The van der Waals surface area contributed by atoms with Crippen LogP contribution in [0.25, 0.3) is 11.2 Å². The zero-order chi connectivity index (χ0) is 27.4. The molecule has 0 spiro atoms. The van der Waals surface area contributed by atoms with Crippen LogP contribution in [0.4, 0.5) is 11.6 Å². The molecule has 6 N–H and O–H groups in total. The van der Waals surface area contributed by atoms with E-state index in [-0.39, 0.29) is 47.5 Å². The van der Waals surface area contributed by atoms with Gasteiger partial charge in [0.25, 0.3) is 11.5 Å². The normalized spacial score (nSPS) is 12.3. The molecule has 0 unspecified atom stereocenters. The first-order valence-corrected chi connectivity index (χ1v) is 11.7. The third kappa shape index (κ3) is 6.27. The fraction of sp³-hybridized carbons (Fsp3) is 0.333. The number of benzene rings is 1. The second-order valence-electron chi connectivity index (χ2n) is 9.57. The van der Waals surface area contributed by atoms with Gasteiger partial charge in [0.05, 0.1) is 18.4 Å². The second kappa shape index (κ2) is 10.6. The number of anilines is 2. The maximum absolute atomic E-state index is 12.7. The molecule has 198 valence electrons. The summed E-state index contributed by atoms with van der Waals surface area (Å²) in [5.74, 6) is -0.966. The Labute approximate surface area is 216 Å². The SMILES string of the molecule is CC(C)(C)c1nnc(CC[C@H](NC(=O)c2ccc(NCc3cnc4nc(N)[nH]c(=O)c4n3)cc2)C(=O)O)o1. The van der Waals surface area contributed by atoms with E-state index in [4.69, 9.17) is 10.2 Å². The number of fused-ring (bicyclic) bond motifs is 1. The quantitative estimate of drug-likeness (QED) is 0.211. The number of aliphatic carboxylic acids is 1. The summed E-state index contributed by atoms with van der Waals surface area (Å²) in [7, 11) is 0. The number of nitrogens with two attached hydrogens (primary N) is 1. The predicted molar refractivity (Wildman–Crippen MR) is 136 cm³/mol. The number of hydrogen-bond acceptors (Lipinski definition) is 11. The largest absolute Gasteiger partial charge is 0.480 e. The van der Waals surface area contributed by atoms with Crippen molar-refractivity contribution in [1.82, 2.24) is 35.5 Å². The van der Waals surface area contributed by atoms with Crippen molar-refractivity contribution in [3.8, 4) is 0 Å². The van der Waals surface area contributed by atoms with Crippen molar-refractivity contribution >= 4 is 34.7 Å². The summed E-state index contributed by atoms with van der Waals surface area (Å²) in [5, 5.41) is 23.2. The van der Waals surface area contributed by atoms with E-state index in [1.165, 1.54) is 6.20 Å². The van der Waals surface area contributed by atoms with Crippen LogP contribution in [0, 0.1) is 0 Å². The molecule has 38 heavy (non-hydrogen) atoms. The molecule has 3 aromatic heterocycles. The highest BCUT2D eigenvalue weighted by Crippen LogP contribution is 2.21. The van der Waals surface area contributed by atoms with Crippen molar-refractivity contribution in [2.45, 2.75) is 51.6 Å². The van der Waals surface area contributed by atoms with E-state index in [1.54, 1.807) is 24.3 Å². The minimum absolute atomic E-state index is 0.0389. The molecule has 0 radical (unpaired) electrons. The van der Waals surface area contributed by atoms with Gasteiger partial charge in [0.1, 0.15) is 6.04 Å². The first-order valence-electron chi connectivity index (χ1n) is 11.7. The smallest absolute Gasteiger partial charge is 0.326 e. The van der Waals surface area contributed by atoms with Crippen LogP contribution in [-0.4, -0.2) is 53.2 Å². The molecule has 14 nitrogen and oxygen atoms in total. The molecule has 1 amide bonds. The Morgan fingerprint density at radius 2 is 1.89 bits per heavy atom. The monoisotopic (exact) mass is 521 g/mol. The molecule has 1 aromatic carbocycles. The molecule has 4 aromatic rings. The summed E-state index contributed by atoms with van der Waals surface area (Å²) in [4.78, 5) is 51.1. The van der Waals surface area contributed by atoms with Crippen LogP contribution in [0.5, 0.6) is 0 Å². The van der Waals surface area contributed by atoms with Crippen LogP contribution in [0.15, 0.2) is 39.7 Å². The van der Waals surface area contributed by atoms with Gasteiger partial charge in [0.2, 0.25) is 17.7 Å². The maximum atomic E-state index is 12.7. The van der Waals surface area contributed by atoms with Crippen LogP contribution >= 0.6 is 0 Å². The van der Waals surface area contributed by atoms with Crippen molar-refractivity contribution < 1.29 is 19.1 Å². The molecule has 0 aliphatic carbocycles. The average Bonchev–Trinajstić information content (AvgIpc) is 3.35. The molecule has 14 heteroatoms. The lowest BCUT2D eigenvalue weighted by Crippen LogP contribution is -2.41. The van der Waals surface area contributed by atoms with Crippen LogP contribution in [0.3, 0.4) is 0 Å². The molecular formula is C24H27N9O5. The van der Waals surface area contributed by atoms with Crippen molar-refractivity contribution in [3.63, 3.8) is 0 Å². The standard InChI is InChI=1S/C24H27N9O5/c1-24(2,3)22-33-32-16(38-22)9-8-15(21(36)37)29-19(34)12-4-6-13(7-5-12)26-10-14-11-27-18-17(28-14)20(35)31-23(25)30-18/h4-7,11,15,26H,8-10H2,1-3H3,(H,29,34)(H,36,37)(H3,25,27,30,31,35)/t15-/m0/s1. The van der Waals surface area contributed by atoms with Crippen molar-refractivity contribution in [3.05, 3.63) is 63.9 Å². The van der Waals surface area contributed by atoms with Gasteiger partial charge in [-0.3, -0.25) is 14.6 Å². The Hall–Kier alpha value is -4.88. The van der Waals surface area contributed by atoms with Gasteiger partial charge in [-0.2, -0.15) is 4.98 Å². The fourth-order valence-electron chi connectivity index (χ4n) is 3.41. The number of carbonyl (C=O) groups excluding carboxylic acids is 1. The summed E-state index contributed by atoms with van der Waals surface area (Å²) in [6.07, 6.45) is 1.77. The van der Waals surface area contributed by atoms with E-state index in [0.29, 0.717) is 23.2 Å². The predicted octanol–water partition coefficient (Wildman–Crippen LogP) is 1.40. The lowest BCUT2D eigenvalue weighted by molar-refractivity contribution is -0.139. The molecule has 0 bridgehead atoms. The maximum Gasteiger partial charge on any atom is 0.326 e. The summed E-state index contributed by atoms with van der Waals surface area (Å²) in [5.41, 5.74) is 6.40. The van der Waals surface area contributed by atoms with Gasteiger partial charge in [-0.1, -0.05) is 20.8 Å². The number of carboxylic acid groups (broad SMARTS) is 1. The lowest BCUT2D eigenvalue weighted by atomic mass is 9.97. The molecular weight excluding hydrogens is 494 g/mol. The van der Waals surface area contributed by atoms with Crippen LogP contribution in [0.1, 0.15) is 55.0 Å². The van der Waals surface area contributed by atoms with E-state index in [1.807, 2.05) is 20.8 Å². The first-order chi connectivity index (χ1) is 18.0. The number of hydrogen-bond donors (Lipinski definition) is 5. The Bertz CT molecular complexity index is 1520. The zero-order valence-corrected chi connectivity index (χ0v) is 21.0. The number of H-pyrrole nitrogens is 1. The molecule has 3 heterocycles. The van der Waals surface area contributed by atoms with Crippen LogP contribution in [0.2, 0.25) is 0 Å². The average molecular weight is 522 g/mol. The van der Waals surface area contributed by atoms with E-state index >= 15 is 0 Å². The minimum Gasteiger partial charge on any atom is -0.480 e. The highest BCUT2D eigenvalue weighted by molar-refractivity contribution is 5.96. The van der Waals surface area contributed by atoms with E-state index in [9.17, 15) is 19.5 Å². The highest BCUT2D eigenvalue weighted by atomic mass is 16.4. The number of aryl methyl sites for hydroxylation is 1. The summed E-state index contributed by atoms with van der Waals surface area (Å²) < 4.78 is 5.60. The number of carbonyl (C=O) groups is 2. The Kier molecular flexibility index (Phi) is 7.32. The van der Waals surface area contributed by atoms with Gasteiger partial charge < -0.3 is 25.9 Å². The molecule has 0 aliphatic rings. The lowest BCUT2D eigenvalue weighted by Gasteiger charge is -2.14. The third-order valence-electron chi connectivity index (χ3n) is 5.47. The second-order valence-corrected chi connectivity index (χ2v) is 9.57. The molecule has 4 rings (SSSR count). The molecule has 0 saturated carbocycles. The van der Waals surface area contributed by atoms with Crippen LogP contribution in [-0.2, 0) is 23.2 Å². The van der Waals surface area contributed by atoms with E-state index in [2.05, 4.69) is 40.8 Å². The van der Waals surface area contributed by atoms with Crippen molar-refractivity contribution in [1.29, 1.82) is 0 Å². The number of nitrogens with zero attached hydrogens (tertiary/aromatic N) is 5. The number of aromatic amines is 1. The summed E-state index contributed by atoms with van der Waals surface area (Å²) in [6, 6.07) is 5.33. The molecule has 0 aliphatic heterocycles. The first kappa shape index (κ1) is 26.2. The number of amides is 1. The zero-order valence-electron chi connectivity index (χ0n) is 21.0. The van der Waals surface area contributed by atoms with Crippen molar-refractivity contribution in [2.75, 3.05) is 11.1 Å². The van der Waals surface area contributed by atoms with Gasteiger partial charge in [-0.25, -0.2) is 14.8 Å². The number of rotatable bonds is 9. The molecule has 0 fully saturated rings. The topological polar surface area (TPSA) is 215 Å². The number of nitrogen functional groups attached to an aromatic ring is 1. The summed E-state index contributed by atoms with van der Waals surface area (Å²) >= 11 is 0.